The molecule has 2 fully saturated rings. The number of carboxylic acids is 2. The van der Waals surface area contributed by atoms with Crippen LogP contribution in [0.5, 0.6) is 23.0 Å². The van der Waals surface area contributed by atoms with E-state index in [1.165, 1.54) is 26.3 Å². The Morgan fingerprint density at radius 3 is 0.988 bits per heavy atom. The zero-order chi connectivity index (χ0) is 60.8. The number of carbonyl (C=O) groups excluding carboxylic acids is 2. The molecule has 0 aromatic heterocycles. The van der Waals surface area contributed by atoms with E-state index in [4.69, 9.17) is 97.2 Å². The molecule has 6 rings (SSSR count). The number of hydrogen-bond acceptors (Lipinski definition) is 20. The molecule has 0 amide bonds. The Bertz CT molecular complexity index is 2420. The minimum absolute atomic E-state index is 0. The number of carbonyl (C=O) groups is 2. The standard InChI is InChI=1S/C38H36Br4Cl4N6O4.2C2H3N.2C2H4O2.4CH4O.3Ni/c39-29-15-23(43)11-21(33(29)53)19-47-1-3-49-5-7-51(37(49)27-13-25(45)17-31(41)35(27)55)9-10-52-8-6-50(38(52)28-14-26(46)18-32(42)36(28)56)4-2-48-20-22-12-24(44)16-30(40)34(22)54;2*1-2-3;2*1-2(3)4;4*1-2;;;/h11-20,37-38,53-56H,1-10H2;2*1H3;2*1H3,(H,3,4);4*2H,1H3;;;/q;;;;;;;;;+2;2*+3/p-6/t37-,38-;;;;;;;;;;;/m1.........../s1. The predicted octanol–water partition coefficient (Wildman–Crippen LogP) is 4.81. The van der Waals surface area contributed by atoms with Crippen molar-refractivity contribution in [3.05, 3.63) is 109 Å². The molecule has 4 aromatic carbocycles. The normalized spacial score (nSPS) is 14.0. The number of aliphatic imine (C=N–C) groups is 2. The Balaban J connectivity index is -0.000000491. The van der Waals surface area contributed by atoms with Gasteiger partial charge in [-0.1, -0.05) is 133 Å². The Labute approximate surface area is 557 Å². The van der Waals surface area contributed by atoms with Crippen molar-refractivity contribution in [2.45, 2.75) is 40.0 Å². The summed E-state index contributed by atoms with van der Waals surface area (Å²) < 4.78 is 1.48. The number of aliphatic hydroxyl groups excluding tert-OH is 4. The summed E-state index contributed by atoms with van der Waals surface area (Å²) in [5, 5.41) is 114. The maximum atomic E-state index is 13.6. The summed E-state index contributed by atoms with van der Waals surface area (Å²) in [5.41, 5.74) is 1.84. The summed E-state index contributed by atoms with van der Waals surface area (Å²) in [5.74, 6) is -2.88. The van der Waals surface area contributed by atoms with Gasteiger partial charge in [-0.3, -0.25) is 29.6 Å². The van der Waals surface area contributed by atoms with Crippen molar-refractivity contribution >= 4 is 134 Å². The molecule has 0 bridgehead atoms. The van der Waals surface area contributed by atoms with Gasteiger partial charge >= 0.3 is 49.5 Å². The fourth-order valence-corrected chi connectivity index (χ4v) is 10.4. The topological polar surface area (TPSA) is 339 Å². The molecule has 2 radical (unpaired) electrons. The van der Waals surface area contributed by atoms with Crippen LogP contribution in [0.15, 0.2) is 76.4 Å². The average molecular weight is 1600 g/mol. The monoisotopic (exact) mass is 1590 g/mol. The summed E-state index contributed by atoms with van der Waals surface area (Å²) in [7, 11) is 4.00. The Morgan fingerprint density at radius 2 is 0.741 bits per heavy atom. The van der Waals surface area contributed by atoms with Crippen LogP contribution in [0.2, 0.25) is 20.1 Å². The number of aliphatic carboxylic acids is 2. The van der Waals surface area contributed by atoms with Gasteiger partial charge in [0, 0.05) is 157 Å². The second-order valence-electron chi connectivity index (χ2n) is 14.6. The second-order valence-corrected chi connectivity index (χ2v) is 19.8. The van der Waals surface area contributed by atoms with Gasteiger partial charge in [0.2, 0.25) is 0 Å². The van der Waals surface area contributed by atoms with E-state index in [0.717, 1.165) is 42.3 Å². The molecule has 2 aliphatic heterocycles. The van der Waals surface area contributed by atoms with Crippen molar-refractivity contribution in [3.63, 3.8) is 0 Å². The molecule has 0 spiro atoms. The van der Waals surface area contributed by atoms with Crippen LogP contribution in [-0.4, -0.2) is 158 Å². The molecule has 4 aromatic rings. The van der Waals surface area contributed by atoms with Crippen molar-refractivity contribution in [1.29, 1.82) is 10.5 Å². The summed E-state index contributed by atoms with van der Waals surface area (Å²) in [6.07, 6.45) is 2.25. The zero-order valence-electron chi connectivity index (χ0n) is 44.6. The fourth-order valence-electron chi connectivity index (χ4n) is 7.04. The van der Waals surface area contributed by atoms with Gasteiger partial charge in [-0.25, -0.2) is 0 Å². The van der Waals surface area contributed by atoms with Crippen LogP contribution in [-0.2, 0) is 59.1 Å². The molecular formula is C50H60Br4Cl4N8Ni3O12+2. The Kier molecular flexibility index (Phi) is 57.6. The largest absolute Gasteiger partial charge is 3.00 e. The Morgan fingerprint density at radius 1 is 0.531 bits per heavy atom. The number of rotatable bonds is 13. The first-order valence-electron chi connectivity index (χ1n) is 22.4. The van der Waals surface area contributed by atoms with Crippen LogP contribution in [0, 0.1) is 22.7 Å². The molecule has 2 saturated heterocycles. The number of carboxylic acid groups (broad SMARTS) is 2. The Hall–Kier alpha value is -2.42. The van der Waals surface area contributed by atoms with E-state index in [2.05, 4.69) is 93.3 Å². The van der Waals surface area contributed by atoms with E-state index in [0.29, 0.717) is 126 Å². The zero-order valence-corrected chi connectivity index (χ0v) is 56.9. The summed E-state index contributed by atoms with van der Waals surface area (Å²) in [4.78, 5) is 35.7. The average Bonchev–Trinajstić information content (AvgIpc) is 3.99. The molecule has 31 heteroatoms. The minimum atomic E-state index is -1.08. The van der Waals surface area contributed by atoms with E-state index in [1.807, 2.05) is 0 Å². The maximum Gasteiger partial charge on any atom is 3.00 e. The summed E-state index contributed by atoms with van der Waals surface area (Å²) in [6.45, 7) is 10.3. The van der Waals surface area contributed by atoms with Crippen molar-refractivity contribution in [3.8, 4) is 35.1 Å². The predicted molar refractivity (Wildman–Crippen MR) is 308 cm³/mol. The van der Waals surface area contributed by atoms with Gasteiger partial charge in [0.15, 0.2) is 0 Å². The van der Waals surface area contributed by atoms with Crippen LogP contribution in [0.25, 0.3) is 0 Å². The smallest absolute Gasteiger partial charge is 0.871 e. The van der Waals surface area contributed by atoms with E-state index in [-0.39, 0.29) is 72.5 Å². The van der Waals surface area contributed by atoms with Crippen LogP contribution >= 0.6 is 110 Å². The first-order chi connectivity index (χ1) is 37.0. The molecule has 0 saturated carbocycles. The van der Waals surface area contributed by atoms with Gasteiger partial charge in [0.1, 0.15) is 0 Å². The van der Waals surface area contributed by atoms with Gasteiger partial charge in [0.05, 0.1) is 37.6 Å². The molecular weight excluding hydrogens is 1540 g/mol. The summed E-state index contributed by atoms with van der Waals surface area (Å²) in [6, 6.07) is 16.4. The first kappa shape index (κ1) is 89.8. The number of nitriles is 2. The number of nitrogens with zero attached hydrogens (tertiary/aromatic N) is 8. The number of aliphatic hydroxyl groups is 4. The van der Waals surface area contributed by atoms with Crippen LogP contribution in [0.3, 0.4) is 0 Å². The minimum Gasteiger partial charge on any atom is -0.871 e. The van der Waals surface area contributed by atoms with Gasteiger partial charge in [-0.15, -0.1) is 0 Å². The van der Waals surface area contributed by atoms with Gasteiger partial charge in [-0.05, 0) is 84.6 Å². The number of benzene rings is 4. The molecule has 4 N–H and O–H groups in total. The third-order valence-electron chi connectivity index (χ3n) is 9.60. The molecule has 2 atom stereocenters. The van der Waals surface area contributed by atoms with Crippen molar-refractivity contribution < 1.29 is 110 Å². The van der Waals surface area contributed by atoms with Crippen LogP contribution in [0.4, 0.5) is 0 Å². The van der Waals surface area contributed by atoms with E-state index in [1.54, 1.807) is 60.7 Å². The SMILES string of the molecule is CC#N.CC#N.CC(=O)[O-].CC(=O)[O-].CO.CO.CO.CO.[Ni+2].[Ni+3].[Ni+3].[O-]c1c(Br)cc(Cl)cc1C=NCCN1CCN(CCN2CCN(CCN=Cc3cc(Cl)cc(Br)c3[O-])[C@H]2c2cc(Cl)cc(Br)c2[O-])[C@@H]1c1cc(Cl)cc(Br)c1[O-]. The van der Waals surface area contributed by atoms with Gasteiger partial charge in [-0.2, -0.15) is 10.5 Å². The molecule has 0 aliphatic carbocycles. The van der Waals surface area contributed by atoms with Crippen molar-refractivity contribution in [1.82, 2.24) is 19.6 Å². The van der Waals surface area contributed by atoms with Gasteiger partial charge in [0.25, 0.3) is 0 Å². The molecule has 2 aliphatic rings. The van der Waals surface area contributed by atoms with E-state index < -0.39 is 24.3 Å². The van der Waals surface area contributed by atoms with Gasteiger partial charge < -0.3 is 60.7 Å². The third-order valence-corrected chi connectivity index (χ3v) is 12.8. The van der Waals surface area contributed by atoms with Crippen LogP contribution in [0.1, 0.15) is 62.3 Å². The van der Waals surface area contributed by atoms with Crippen LogP contribution < -0.4 is 30.6 Å². The maximum absolute atomic E-state index is 13.6. The van der Waals surface area contributed by atoms with Crippen molar-refractivity contribution in [2.75, 3.05) is 93.9 Å². The first-order valence-corrected chi connectivity index (χ1v) is 27.0. The van der Waals surface area contributed by atoms with Crippen molar-refractivity contribution in [2.24, 2.45) is 9.98 Å². The summed E-state index contributed by atoms with van der Waals surface area (Å²) >= 11 is 38.6. The molecule has 20 nitrogen and oxygen atoms in total. The molecule has 81 heavy (non-hydrogen) atoms. The molecule has 456 valence electrons. The number of halogens is 8. The van der Waals surface area contributed by atoms with E-state index >= 15 is 0 Å². The quantitative estimate of drug-likeness (QED) is 0.103. The van der Waals surface area contributed by atoms with E-state index in [9.17, 15) is 20.4 Å². The third kappa shape index (κ3) is 33.8. The number of hydrogen-bond donors (Lipinski definition) is 4. The molecule has 2 heterocycles. The molecule has 0 unspecified atom stereocenters. The second kappa shape index (κ2) is 52.0. The fraction of sp³-hybridized carbons (Fsp3) is 0.400.